The summed E-state index contributed by atoms with van der Waals surface area (Å²) in [6.07, 6.45) is 4.52. The van der Waals surface area contributed by atoms with Gasteiger partial charge in [0.25, 0.3) is 0 Å². The molecule has 0 fully saturated rings. The molecule has 3 rings (SSSR count). The predicted octanol–water partition coefficient (Wildman–Crippen LogP) is 2.05. The standard InChI is InChI=1S/C16H18N2O2/c1-17-13(10-12-6-8-18-9-7-12)16-11-19-14-4-2-3-5-15(14)20-16/h2-9,13,16-17H,10-11H2,1H3. The van der Waals surface area contributed by atoms with Gasteiger partial charge in [0.1, 0.15) is 12.7 Å². The van der Waals surface area contributed by atoms with Gasteiger partial charge in [-0.05, 0) is 43.3 Å². The lowest BCUT2D eigenvalue weighted by atomic mass is 10.0. The molecule has 0 amide bonds. The Balaban J connectivity index is 1.72. The zero-order valence-corrected chi connectivity index (χ0v) is 11.5. The minimum atomic E-state index is 0.00284. The van der Waals surface area contributed by atoms with Crippen molar-refractivity contribution in [2.45, 2.75) is 18.6 Å². The monoisotopic (exact) mass is 270 g/mol. The first-order chi connectivity index (χ1) is 9.86. The number of nitrogens with one attached hydrogen (secondary N) is 1. The summed E-state index contributed by atoms with van der Waals surface area (Å²) in [6, 6.07) is 12.1. The highest BCUT2D eigenvalue weighted by Crippen LogP contribution is 2.31. The Bertz CT molecular complexity index is 559. The number of benzene rings is 1. The summed E-state index contributed by atoms with van der Waals surface area (Å²) >= 11 is 0. The van der Waals surface area contributed by atoms with Crippen LogP contribution in [0.3, 0.4) is 0 Å². The van der Waals surface area contributed by atoms with E-state index in [1.165, 1.54) is 5.56 Å². The Hall–Kier alpha value is -2.07. The highest BCUT2D eigenvalue weighted by Gasteiger charge is 2.27. The van der Waals surface area contributed by atoms with Crippen LogP contribution in [0.15, 0.2) is 48.8 Å². The average molecular weight is 270 g/mol. The Kier molecular flexibility index (Phi) is 3.83. The van der Waals surface area contributed by atoms with Crippen molar-refractivity contribution in [2.24, 2.45) is 0 Å². The normalized spacial score (nSPS) is 18.6. The second-order valence-electron chi connectivity index (χ2n) is 4.87. The summed E-state index contributed by atoms with van der Waals surface area (Å²) in [5.74, 6) is 1.64. The maximum Gasteiger partial charge on any atom is 0.161 e. The summed E-state index contributed by atoms with van der Waals surface area (Å²) in [4.78, 5) is 4.04. The van der Waals surface area contributed by atoms with Crippen LogP contribution in [0.5, 0.6) is 11.5 Å². The lowest BCUT2D eigenvalue weighted by Gasteiger charge is -2.32. The number of para-hydroxylation sites is 2. The molecule has 1 aromatic heterocycles. The maximum absolute atomic E-state index is 6.05. The van der Waals surface area contributed by atoms with Gasteiger partial charge in [0.2, 0.25) is 0 Å². The molecule has 0 bridgehead atoms. The SMILES string of the molecule is CNC(Cc1ccncc1)C1COc2ccccc2O1. The number of likely N-dealkylation sites (N-methyl/N-ethyl adjacent to an activating group) is 1. The van der Waals surface area contributed by atoms with Gasteiger partial charge in [0, 0.05) is 12.4 Å². The number of hydrogen-bond acceptors (Lipinski definition) is 4. The first-order valence-corrected chi connectivity index (χ1v) is 6.81. The molecule has 0 aliphatic carbocycles. The first kappa shape index (κ1) is 12.9. The van der Waals surface area contributed by atoms with E-state index in [0.29, 0.717) is 6.61 Å². The second kappa shape index (κ2) is 5.92. The molecule has 0 spiro atoms. The molecule has 2 heterocycles. The van der Waals surface area contributed by atoms with Crippen molar-refractivity contribution >= 4 is 0 Å². The third-order valence-electron chi connectivity index (χ3n) is 3.56. The quantitative estimate of drug-likeness (QED) is 0.923. The van der Waals surface area contributed by atoms with Crippen LogP contribution in [-0.4, -0.2) is 30.8 Å². The van der Waals surface area contributed by atoms with Crippen LogP contribution in [0.2, 0.25) is 0 Å². The molecule has 0 saturated carbocycles. The van der Waals surface area contributed by atoms with Crippen LogP contribution >= 0.6 is 0 Å². The number of nitrogens with zero attached hydrogens (tertiary/aromatic N) is 1. The minimum Gasteiger partial charge on any atom is -0.486 e. The van der Waals surface area contributed by atoms with Crippen LogP contribution in [0.1, 0.15) is 5.56 Å². The van der Waals surface area contributed by atoms with Gasteiger partial charge in [0.05, 0.1) is 6.04 Å². The Morgan fingerprint density at radius 1 is 1.20 bits per heavy atom. The Morgan fingerprint density at radius 2 is 1.95 bits per heavy atom. The van der Waals surface area contributed by atoms with Crippen molar-refractivity contribution in [1.82, 2.24) is 10.3 Å². The highest BCUT2D eigenvalue weighted by atomic mass is 16.6. The van der Waals surface area contributed by atoms with Gasteiger partial charge in [0.15, 0.2) is 11.5 Å². The smallest absolute Gasteiger partial charge is 0.161 e. The highest BCUT2D eigenvalue weighted by molar-refractivity contribution is 5.40. The molecule has 2 atom stereocenters. The van der Waals surface area contributed by atoms with Crippen LogP contribution in [0, 0.1) is 0 Å². The van der Waals surface area contributed by atoms with Crippen molar-refractivity contribution in [2.75, 3.05) is 13.7 Å². The molecule has 2 unspecified atom stereocenters. The number of pyridine rings is 1. The molecular weight excluding hydrogens is 252 g/mol. The van der Waals surface area contributed by atoms with E-state index in [-0.39, 0.29) is 12.1 Å². The van der Waals surface area contributed by atoms with E-state index in [1.807, 2.05) is 55.8 Å². The fourth-order valence-electron chi connectivity index (χ4n) is 2.43. The second-order valence-corrected chi connectivity index (χ2v) is 4.87. The molecule has 1 aromatic carbocycles. The van der Waals surface area contributed by atoms with Crippen molar-refractivity contribution in [3.8, 4) is 11.5 Å². The minimum absolute atomic E-state index is 0.00284. The van der Waals surface area contributed by atoms with Gasteiger partial charge in [-0.2, -0.15) is 0 Å². The van der Waals surface area contributed by atoms with Gasteiger partial charge in [-0.15, -0.1) is 0 Å². The van der Waals surface area contributed by atoms with Crippen LogP contribution < -0.4 is 14.8 Å². The summed E-state index contributed by atoms with van der Waals surface area (Å²) in [6.45, 7) is 0.563. The van der Waals surface area contributed by atoms with Gasteiger partial charge >= 0.3 is 0 Å². The van der Waals surface area contributed by atoms with E-state index in [9.17, 15) is 0 Å². The molecule has 104 valence electrons. The Labute approximate surface area is 118 Å². The van der Waals surface area contributed by atoms with E-state index in [1.54, 1.807) is 0 Å². The number of fused-ring (bicyclic) bond motifs is 1. The summed E-state index contributed by atoms with van der Waals surface area (Å²) in [5.41, 5.74) is 1.24. The first-order valence-electron chi connectivity index (χ1n) is 6.81. The lowest BCUT2D eigenvalue weighted by molar-refractivity contribution is 0.0641. The summed E-state index contributed by atoms with van der Waals surface area (Å²) in [5, 5.41) is 3.33. The molecule has 20 heavy (non-hydrogen) atoms. The molecule has 2 aromatic rings. The van der Waals surface area contributed by atoms with Crippen molar-refractivity contribution in [3.63, 3.8) is 0 Å². The molecule has 0 radical (unpaired) electrons. The molecule has 4 nitrogen and oxygen atoms in total. The maximum atomic E-state index is 6.05. The number of ether oxygens (including phenoxy) is 2. The predicted molar refractivity (Wildman–Crippen MR) is 77.1 cm³/mol. The molecule has 1 N–H and O–H groups in total. The van der Waals surface area contributed by atoms with E-state index in [2.05, 4.69) is 10.3 Å². The van der Waals surface area contributed by atoms with Crippen LogP contribution in [0.4, 0.5) is 0 Å². The molecule has 1 aliphatic rings. The summed E-state index contributed by atoms with van der Waals surface area (Å²) < 4.78 is 11.8. The van der Waals surface area contributed by atoms with Crippen molar-refractivity contribution in [3.05, 3.63) is 54.4 Å². The average Bonchev–Trinajstić information content (AvgIpc) is 2.53. The molecule has 0 saturated heterocycles. The number of aromatic nitrogens is 1. The third kappa shape index (κ3) is 2.75. The van der Waals surface area contributed by atoms with Gasteiger partial charge in [-0.1, -0.05) is 12.1 Å². The lowest BCUT2D eigenvalue weighted by Crippen LogP contribution is -2.47. The third-order valence-corrected chi connectivity index (χ3v) is 3.56. The zero-order chi connectivity index (χ0) is 13.8. The topological polar surface area (TPSA) is 43.4 Å². The molecule has 4 heteroatoms. The van der Waals surface area contributed by atoms with Crippen LogP contribution in [-0.2, 0) is 6.42 Å². The number of rotatable bonds is 4. The van der Waals surface area contributed by atoms with Gasteiger partial charge < -0.3 is 14.8 Å². The van der Waals surface area contributed by atoms with E-state index in [0.717, 1.165) is 17.9 Å². The van der Waals surface area contributed by atoms with Gasteiger partial charge in [-0.3, -0.25) is 4.98 Å². The Morgan fingerprint density at radius 3 is 2.70 bits per heavy atom. The number of hydrogen-bond donors (Lipinski definition) is 1. The van der Waals surface area contributed by atoms with Gasteiger partial charge in [-0.25, -0.2) is 0 Å². The fraction of sp³-hybridized carbons (Fsp3) is 0.312. The van der Waals surface area contributed by atoms with Crippen molar-refractivity contribution in [1.29, 1.82) is 0 Å². The van der Waals surface area contributed by atoms with E-state index >= 15 is 0 Å². The zero-order valence-electron chi connectivity index (χ0n) is 11.5. The summed E-state index contributed by atoms with van der Waals surface area (Å²) in [7, 11) is 1.95. The largest absolute Gasteiger partial charge is 0.486 e. The molecule has 1 aliphatic heterocycles. The fourth-order valence-corrected chi connectivity index (χ4v) is 2.43. The van der Waals surface area contributed by atoms with E-state index in [4.69, 9.17) is 9.47 Å². The van der Waals surface area contributed by atoms with Crippen LogP contribution in [0.25, 0.3) is 0 Å². The van der Waals surface area contributed by atoms with E-state index < -0.39 is 0 Å². The molecular formula is C16H18N2O2. The van der Waals surface area contributed by atoms with Crippen molar-refractivity contribution < 1.29 is 9.47 Å².